The van der Waals surface area contributed by atoms with Gasteiger partial charge in [-0.25, -0.2) is 0 Å². The summed E-state index contributed by atoms with van der Waals surface area (Å²) in [5.74, 6) is 1.08. The molecular weight excluding hydrogens is 258 g/mol. The topological polar surface area (TPSA) is 21.3 Å². The third-order valence-corrected chi connectivity index (χ3v) is 4.30. The van der Waals surface area contributed by atoms with Gasteiger partial charge in [0.2, 0.25) is 0 Å². The fraction of sp³-hybridized carbons (Fsp3) is 0.625. The molecule has 0 bridgehead atoms. The number of hydrogen-bond donors (Lipinski definition) is 1. The molecule has 0 amide bonds. The maximum atomic E-state index is 6.26. The van der Waals surface area contributed by atoms with Crippen LogP contribution < -0.4 is 10.1 Å². The van der Waals surface area contributed by atoms with Gasteiger partial charge in [0.05, 0.1) is 0 Å². The lowest BCUT2D eigenvalue weighted by atomic mass is 9.95. The minimum absolute atomic E-state index is 0.0955. The van der Waals surface area contributed by atoms with Crippen LogP contribution in [0, 0.1) is 0 Å². The first-order valence-corrected chi connectivity index (χ1v) is 7.65. The second-order valence-electron chi connectivity index (χ2n) is 6.44. The molecule has 1 atom stereocenters. The van der Waals surface area contributed by atoms with Gasteiger partial charge in [-0.2, -0.15) is 0 Å². The zero-order chi connectivity index (χ0) is 13.5. The molecule has 0 spiro atoms. The molecule has 3 heteroatoms. The van der Waals surface area contributed by atoms with E-state index in [9.17, 15) is 0 Å². The summed E-state index contributed by atoms with van der Waals surface area (Å²) < 4.78 is 6.14. The van der Waals surface area contributed by atoms with Crippen LogP contribution in [0.3, 0.4) is 0 Å². The Labute approximate surface area is 120 Å². The highest BCUT2D eigenvalue weighted by Gasteiger charge is 2.32. The van der Waals surface area contributed by atoms with Crippen molar-refractivity contribution in [2.45, 2.75) is 57.6 Å². The van der Waals surface area contributed by atoms with E-state index in [1.54, 1.807) is 0 Å². The normalized spacial score (nSPS) is 24.9. The Kier molecular flexibility index (Phi) is 3.48. The molecule has 104 valence electrons. The van der Waals surface area contributed by atoms with Crippen LogP contribution in [-0.4, -0.2) is 18.2 Å². The van der Waals surface area contributed by atoms with Crippen molar-refractivity contribution in [1.29, 1.82) is 0 Å². The molecular formula is C16H22ClNO. The molecule has 2 nitrogen and oxygen atoms in total. The molecule has 1 unspecified atom stereocenters. The van der Waals surface area contributed by atoms with Crippen LogP contribution in [0.25, 0.3) is 0 Å². The van der Waals surface area contributed by atoms with Crippen LogP contribution in [0.2, 0.25) is 5.02 Å². The summed E-state index contributed by atoms with van der Waals surface area (Å²) in [6.45, 7) is 5.42. The average Bonchev–Trinajstić information content (AvgIpc) is 2.65. The van der Waals surface area contributed by atoms with Crippen molar-refractivity contribution in [2.75, 3.05) is 6.54 Å². The number of fused-ring (bicyclic) bond motifs is 1. The highest BCUT2D eigenvalue weighted by Crippen LogP contribution is 2.40. The Morgan fingerprint density at radius 2 is 2.21 bits per heavy atom. The zero-order valence-electron chi connectivity index (χ0n) is 11.8. The monoisotopic (exact) mass is 279 g/mol. The first-order chi connectivity index (χ1) is 9.03. The van der Waals surface area contributed by atoms with Crippen molar-refractivity contribution < 1.29 is 4.74 Å². The van der Waals surface area contributed by atoms with E-state index in [0.717, 1.165) is 30.2 Å². The average molecular weight is 280 g/mol. The number of piperidine rings is 1. The van der Waals surface area contributed by atoms with Gasteiger partial charge in [0.1, 0.15) is 11.4 Å². The molecule has 1 saturated heterocycles. The van der Waals surface area contributed by atoms with E-state index in [1.165, 1.54) is 30.4 Å². The van der Waals surface area contributed by atoms with Crippen LogP contribution in [-0.2, 0) is 12.8 Å². The van der Waals surface area contributed by atoms with Gasteiger partial charge in [-0.05, 0) is 62.9 Å². The Balaban J connectivity index is 1.85. The van der Waals surface area contributed by atoms with Crippen molar-refractivity contribution in [2.24, 2.45) is 0 Å². The smallest absolute Gasteiger partial charge is 0.126 e. The van der Waals surface area contributed by atoms with Gasteiger partial charge in [0.15, 0.2) is 0 Å². The number of nitrogens with one attached hydrogen (secondary N) is 1. The number of hydrogen-bond acceptors (Lipinski definition) is 2. The lowest BCUT2D eigenvalue weighted by Gasteiger charge is -2.25. The Morgan fingerprint density at radius 3 is 2.95 bits per heavy atom. The van der Waals surface area contributed by atoms with Gasteiger partial charge >= 0.3 is 0 Å². The van der Waals surface area contributed by atoms with E-state index in [1.807, 2.05) is 0 Å². The van der Waals surface area contributed by atoms with Crippen molar-refractivity contribution >= 4 is 11.6 Å². The number of halogens is 1. The standard InChI is InChI=1S/C16H22ClNO/c1-16(2)10-12-8-13(17)7-11(15(12)19-16)9-14-5-3-4-6-18-14/h7-8,14,18H,3-6,9-10H2,1-2H3. The zero-order valence-corrected chi connectivity index (χ0v) is 12.5. The molecule has 0 aromatic heterocycles. The molecule has 2 heterocycles. The van der Waals surface area contributed by atoms with Gasteiger partial charge in [-0.1, -0.05) is 18.0 Å². The molecule has 19 heavy (non-hydrogen) atoms. The lowest BCUT2D eigenvalue weighted by Crippen LogP contribution is -2.35. The summed E-state index contributed by atoms with van der Waals surface area (Å²) in [5, 5.41) is 4.44. The van der Waals surface area contributed by atoms with Gasteiger partial charge in [0.25, 0.3) is 0 Å². The minimum Gasteiger partial charge on any atom is -0.487 e. The SMILES string of the molecule is CC1(C)Cc2cc(Cl)cc(CC3CCCCN3)c2O1. The maximum Gasteiger partial charge on any atom is 0.126 e. The summed E-state index contributed by atoms with van der Waals surface area (Å²) in [5.41, 5.74) is 2.44. The summed E-state index contributed by atoms with van der Waals surface area (Å²) in [4.78, 5) is 0. The van der Waals surface area contributed by atoms with Crippen LogP contribution in [0.5, 0.6) is 5.75 Å². The van der Waals surface area contributed by atoms with E-state index >= 15 is 0 Å². The first-order valence-electron chi connectivity index (χ1n) is 7.27. The Hall–Kier alpha value is -0.730. The summed E-state index contributed by atoms with van der Waals surface area (Å²) >= 11 is 6.26. The van der Waals surface area contributed by atoms with E-state index in [4.69, 9.17) is 16.3 Å². The molecule has 0 saturated carbocycles. The molecule has 0 radical (unpaired) electrons. The fourth-order valence-corrected chi connectivity index (χ4v) is 3.52. The van der Waals surface area contributed by atoms with E-state index in [-0.39, 0.29) is 5.60 Å². The van der Waals surface area contributed by atoms with Gasteiger partial charge in [0, 0.05) is 17.5 Å². The van der Waals surface area contributed by atoms with Gasteiger partial charge in [-0.15, -0.1) is 0 Å². The molecule has 0 aliphatic carbocycles. The molecule has 1 N–H and O–H groups in total. The largest absolute Gasteiger partial charge is 0.487 e. The van der Waals surface area contributed by atoms with Crippen LogP contribution in [0.4, 0.5) is 0 Å². The maximum absolute atomic E-state index is 6.26. The predicted octanol–water partition coefficient (Wildman–Crippen LogP) is 3.74. The minimum atomic E-state index is -0.0955. The predicted molar refractivity (Wildman–Crippen MR) is 79.2 cm³/mol. The van der Waals surface area contributed by atoms with Crippen molar-refractivity contribution in [3.8, 4) is 5.75 Å². The third kappa shape index (κ3) is 2.90. The number of rotatable bonds is 2. The molecule has 1 fully saturated rings. The van der Waals surface area contributed by atoms with Crippen LogP contribution >= 0.6 is 11.6 Å². The lowest BCUT2D eigenvalue weighted by molar-refractivity contribution is 0.137. The van der Waals surface area contributed by atoms with E-state index in [0.29, 0.717) is 6.04 Å². The molecule has 1 aromatic carbocycles. The number of ether oxygens (including phenoxy) is 1. The van der Waals surface area contributed by atoms with Crippen LogP contribution in [0.15, 0.2) is 12.1 Å². The fourth-order valence-electron chi connectivity index (χ4n) is 3.26. The number of benzene rings is 1. The van der Waals surface area contributed by atoms with E-state index < -0.39 is 0 Å². The highest BCUT2D eigenvalue weighted by atomic mass is 35.5. The summed E-state index contributed by atoms with van der Waals surface area (Å²) in [6, 6.07) is 4.71. The summed E-state index contributed by atoms with van der Waals surface area (Å²) in [6.07, 6.45) is 5.86. The van der Waals surface area contributed by atoms with Crippen LogP contribution in [0.1, 0.15) is 44.2 Å². The molecule has 3 rings (SSSR count). The highest BCUT2D eigenvalue weighted by molar-refractivity contribution is 6.30. The Bertz CT molecular complexity index is 478. The van der Waals surface area contributed by atoms with Crippen molar-refractivity contribution in [1.82, 2.24) is 5.32 Å². The summed E-state index contributed by atoms with van der Waals surface area (Å²) in [7, 11) is 0. The van der Waals surface area contributed by atoms with Gasteiger partial charge in [-0.3, -0.25) is 0 Å². The Morgan fingerprint density at radius 1 is 1.37 bits per heavy atom. The van der Waals surface area contributed by atoms with Crippen molar-refractivity contribution in [3.63, 3.8) is 0 Å². The molecule has 1 aromatic rings. The first kappa shape index (κ1) is 13.3. The second kappa shape index (κ2) is 4.99. The third-order valence-electron chi connectivity index (χ3n) is 4.08. The molecule has 2 aliphatic rings. The quantitative estimate of drug-likeness (QED) is 0.890. The van der Waals surface area contributed by atoms with E-state index in [2.05, 4.69) is 31.3 Å². The van der Waals surface area contributed by atoms with Gasteiger partial charge < -0.3 is 10.1 Å². The van der Waals surface area contributed by atoms with Crippen molar-refractivity contribution in [3.05, 3.63) is 28.3 Å². The second-order valence-corrected chi connectivity index (χ2v) is 6.88. The molecule has 2 aliphatic heterocycles.